The van der Waals surface area contributed by atoms with Gasteiger partial charge in [0.1, 0.15) is 6.54 Å². The molecule has 1 saturated heterocycles. The van der Waals surface area contributed by atoms with E-state index in [1.807, 2.05) is 13.8 Å². The Morgan fingerprint density at radius 2 is 2.00 bits per heavy atom. The Labute approximate surface area is 152 Å². The second kappa shape index (κ2) is 7.94. The summed E-state index contributed by atoms with van der Waals surface area (Å²) in [6.07, 6.45) is -3.32. The van der Waals surface area contributed by atoms with E-state index in [1.54, 1.807) is 0 Å². The standard InChI is InChI=1S/C17H16F3NO4S/c1-10(2)9-25-14(22)8-21-15(23)13(26-16(21)24)7-11-4-3-5-12(6-11)17(18,19)20/h3-7,10H,8-9H2,1-2H3/b13-7+. The molecule has 0 aliphatic carbocycles. The van der Waals surface area contributed by atoms with Crippen LogP contribution in [-0.2, 0) is 20.5 Å². The first-order valence-electron chi connectivity index (χ1n) is 7.66. The van der Waals surface area contributed by atoms with E-state index in [9.17, 15) is 27.6 Å². The number of alkyl halides is 3. The predicted molar refractivity (Wildman–Crippen MR) is 89.9 cm³/mol. The zero-order valence-electron chi connectivity index (χ0n) is 14.0. The summed E-state index contributed by atoms with van der Waals surface area (Å²) in [5, 5.41) is -0.672. The summed E-state index contributed by atoms with van der Waals surface area (Å²) in [4.78, 5) is 36.5. The molecule has 0 N–H and O–H groups in total. The van der Waals surface area contributed by atoms with Gasteiger partial charge in [-0.3, -0.25) is 19.3 Å². The van der Waals surface area contributed by atoms with E-state index in [4.69, 9.17) is 4.74 Å². The molecular weight excluding hydrogens is 371 g/mol. The van der Waals surface area contributed by atoms with Crippen LogP contribution in [0.15, 0.2) is 29.2 Å². The lowest BCUT2D eigenvalue weighted by molar-refractivity contribution is -0.147. The quantitative estimate of drug-likeness (QED) is 0.566. The molecule has 0 atom stereocenters. The maximum atomic E-state index is 12.7. The summed E-state index contributed by atoms with van der Waals surface area (Å²) in [7, 11) is 0. The molecule has 1 aromatic carbocycles. The summed E-state index contributed by atoms with van der Waals surface area (Å²) in [5.74, 6) is -1.35. The Kier molecular flexibility index (Phi) is 6.12. The molecule has 140 valence electrons. The van der Waals surface area contributed by atoms with Crippen LogP contribution in [0.2, 0.25) is 0 Å². The Hall–Kier alpha value is -2.29. The molecule has 1 aliphatic heterocycles. The average molecular weight is 387 g/mol. The van der Waals surface area contributed by atoms with Crippen molar-refractivity contribution in [1.29, 1.82) is 0 Å². The maximum Gasteiger partial charge on any atom is 0.416 e. The molecule has 0 unspecified atom stereocenters. The third kappa shape index (κ3) is 5.10. The van der Waals surface area contributed by atoms with Crippen molar-refractivity contribution < 1.29 is 32.3 Å². The van der Waals surface area contributed by atoms with Crippen molar-refractivity contribution in [3.63, 3.8) is 0 Å². The smallest absolute Gasteiger partial charge is 0.416 e. The Morgan fingerprint density at radius 3 is 2.62 bits per heavy atom. The van der Waals surface area contributed by atoms with Crippen LogP contribution in [0.25, 0.3) is 6.08 Å². The number of thioether (sulfide) groups is 1. The summed E-state index contributed by atoms with van der Waals surface area (Å²) >= 11 is 0.566. The minimum atomic E-state index is -4.51. The minimum Gasteiger partial charge on any atom is -0.464 e. The van der Waals surface area contributed by atoms with E-state index in [-0.39, 0.29) is 23.0 Å². The van der Waals surface area contributed by atoms with Gasteiger partial charge in [-0.2, -0.15) is 13.2 Å². The minimum absolute atomic E-state index is 0.0500. The van der Waals surface area contributed by atoms with E-state index in [2.05, 4.69) is 0 Å². The third-order valence-electron chi connectivity index (χ3n) is 3.25. The number of rotatable bonds is 5. The van der Waals surface area contributed by atoms with E-state index < -0.39 is 35.4 Å². The fourth-order valence-electron chi connectivity index (χ4n) is 2.03. The molecule has 1 fully saturated rings. The third-order valence-corrected chi connectivity index (χ3v) is 4.16. The summed E-state index contributed by atoms with van der Waals surface area (Å²) < 4.78 is 43.2. The number of esters is 1. The van der Waals surface area contributed by atoms with Crippen LogP contribution < -0.4 is 0 Å². The van der Waals surface area contributed by atoms with Gasteiger partial charge in [0.25, 0.3) is 11.1 Å². The van der Waals surface area contributed by atoms with Gasteiger partial charge in [0.05, 0.1) is 17.1 Å². The second-order valence-corrected chi connectivity index (χ2v) is 6.96. The number of halogens is 3. The predicted octanol–water partition coefficient (Wildman–Crippen LogP) is 3.94. The highest BCUT2D eigenvalue weighted by Crippen LogP contribution is 2.34. The van der Waals surface area contributed by atoms with Crippen molar-refractivity contribution in [2.24, 2.45) is 5.92 Å². The lowest BCUT2D eigenvalue weighted by Crippen LogP contribution is -2.34. The van der Waals surface area contributed by atoms with Crippen LogP contribution in [0.5, 0.6) is 0 Å². The van der Waals surface area contributed by atoms with Gasteiger partial charge in [-0.1, -0.05) is 26.0 Å². The number of amides is 2. The van der Waals surface area contributed by atoms with Crippen molar-refractivity contribution in [1.82, 2.24) is 4.90 Å². The van der Waals surface area contributed by atoms with Gasteiger partial charge in [-0.05, 0) is 41.5 Å². The highest BCUT2D eigenvalue weighted by atomic mass is 32.2. The van der Waals surface area contributed by atoms with Crippen molar-refractivity contribution in [2.45, 2.75) is 20.0 Å². The molecular formula is C17H16F3NO4S. The zero-order chi connectivity index (χ0) is 19.5. The Balaban J connectivity index is 2.13. The molecule has 0 radical (unpaired) electrons. The highest BCUT2D eigenvalue weighted by Gasteiger charge is 2.37. The number of carbonyl (C=O) groups is 3. The molecule has 0 saturated carbocycles. The molecule has 1 aromatic rings. The maximum absolute atomic E-state index is 12.7. The zero-order valence-corrected chi connectivity index (χ0v) is 14.8. The molecule has 0 aromatic heterocycles. The topological polar surface area (TPSA) is 63.7 Å². The molecule has 1 heterocycles. The van der Waals surface area contributed by atoms with E-state index >= 15 is 0 Å². The fraction of sp³-hybridized carbons (Fsp3) is 0.353. The van der Waals surface area contributed by atoms with Crippen LogP contribution in [-0.4, -0.2) is 35.2 Å². The molecule has 5 nitrogen and oxygen atoms in total. The number of carbonyl (C=O) groups excluding carboxylic acids is 3. The van der Waals surface area contributed by atoms with Gasteiger partial charge < -0.3 is 4.74 Å². The SMILES string of the molecule is CC(C)COC(=O)CN1C(=O)S/C(=C/c2cccc(C(F)(F)F)c2)C1=O. The number of hydrogen-bond donors (Lipinski definition) is 0. The van der Waals surface area contributed by atoms with Crippen molar-refractivity contribution in [3.8, 4) is 0 Å². The number of nitrogens with zero attached hydrogens (tertiary/aromatic N) is 1. The summed E-state index contributed by atoms with van der Waals surface area (Å²) in [6.45, 7) is 3.31. The van der Waals surface area contributed by atoms with Crippen molar-refractivity contribution >= 4 is 35.0 Å². The highest BCUT2D eigenvalue weighted by molar-refractivity contribution is 8.18. The molecule has 2 amide bonds. The molecule has 2 rings (SSSR count). The van der Waals surface area contributed by atoms with Crippen molar-refractivity contribution in [3.05, 3.63) is 40.3 Å². The largest absolute Gasteiger partial charge is 0.464 e. The van der Waals surface area contributed by atoms with Crippen LogP contribution >= 0.6 is 11.8 Å². The first-order valence-corrected chi connectivity index (χ1v) is 8.48. The second-order valence-electron chi connectivity index (χ2n) is 5.97. The van der Waals surface area contributed by atoms with Gasteiger partial charge in [-0.25, -0.2) is 0 Å². The summed E-state index contributed by atoms with van der Waals surface area (Å²) in [5.41, 5.74) is -0.726. The van der Waals surface area contributed by atoms with E-state index in [0.29, 0.717) is 16.7 Å². The van der Waals surface area contributed by atoms with Gasteiger partial charge in [0, 0.05) is 0 Å². The van der Waals surface area contributed by atoms with Gasteiger partial charge in [-0.15, -0.1) is 0 Å². The molecule has 9 heteroatoms. The first kappa shape index (κ1) is 20.0. The number of hydrogen-bond acceptors (Lipinski definition) is 5. The Bertz CT molecular complexity index is 759. The van der Waals surface area contributed by atoms with Crippen LogP contribution in [0.4, 0.5) is 18.0 Å². The Morgan fingerprint density at radius 1 is 1.31 bits per heavy atom. The lowest BCUT2D eigenvalue weighted by atomic mass is 10.1. The van der Waals surface area contributed by atoms with Crippen molar-refractivity contribution in [2.75, 3.05) is 13.2 Å². The molecule has 0 spiro atoms. The normalized spacial score (nSPS) is 16.7. The molecule has 1 aliphatic rings. The first-order chi connectivity index (χ1) is 12.1. The van der Waals surface area contributed by atoms with Gasteiger partial charge >= 0.3 is 12.1 Å². The van der Waals surface area contributed by atoms with Crippen LogP contribution in [0.1, 0.15) is 25.0 Å². The van der Waals surface area contributed by atoms with E-state index in [0.717, 1.165) is 12.1 Å². The number of benzene rings is 1. The average Bonchev–Trinajstić information content (AvgIpc) is 2.80. The monoisotopic (exact) mass is 387 g/mol. The molecule has 26 heavy (non-hydrogen) atoms. The number of imide groups is 1. The van der Waals surface area contributed by atoms with Gasteiger partial charge in [0.15, 0.2) is 0 Å². The fourth-order valence-corrected chi connectivity index (χ4v) is 2.87. The van der Waals surface area contributed by atoms with Crippen LogP contribution in [0.3, 0.4) is 0 Å². The van der Waals surface area contributed by atoms with E-state index in [1.165, 1.54) is 18.2 Å². The van der Waals surface area contributed by atoms with Gasteiger partial charge in [0.2, 0.25) is 0 Å². The molecule has 0 bridgehead atoms. The summed E-state index contributed by atoms with van der Waals surface area (Å²) in [6, 6.07) is 4.39. The lowest BCUT2D eigenvalue weighted by Gasteiger charge is -2.12. The number of ether oxygens (including phenoxy) is 1. The van der Waals surface area contributed by atoms with Crippen LogP contribution in [0, 0.1) is 5.92 Å².